The normalized spacial score (nSPS) is 22.6. The second-order valence-electron chi connectivity index (χ2n) is 7.23. The van der Waals surface area contributed by atoms with Gasteiger partial charge in [0, 0.05) is 12.0 Å². The molecule has 0 saturated carbocycles. The zero-order valence-corrected chi connectivity index (χ0v) is 15.7. The van der Waals surface area contributed by atoms with E-state index in [1.54, 1.807) is 12.1 Å². The molecule has 4 rings (SSSR count). The highest BCUT2D eigenvalue weighted by Crippen LogP contribution is 2.38. The van der Waals surface area contributed by atoms with Gasteiger partial charge < -0.3 is 9.84 Å². The van der Waals surface area contributed by atoms with Gasteiger partial charge in [-0.15, -0.1) is 0 Å². The number of amidine groups is 1. The van der Waals surface area contributed by atoms with E-state index in [1.165, 1.54) is 18.6 Å². The predicted molar refractivity (Wildman–Crippen MR) is 104 cm³/mol. The first-order chi connectivity index (χ1) is 13.1. The summed E-state index contributed by atoms with van der Waals surface area (Å²) in [5.74, 6) is 1.66. The van der Waals surface area contributed by atoms with Gasteiger partial charge in [0.2, 0.25) is 0 Å². The largest absolute Gasteiger partial charge is 0.494 e. The Labute approximate surface area is 159 Å². The predicted octanol–water partition coefficient (Wildman–Crippen LogP) is 3.87. The highest BCUT2D eigenvalue weighted by molar-refractivity contribution is 5.97. The summed E-state index contributed by atoms with van der Waals surface area (Å²) >= 11 is 0. The summed E-state index contributed by atoms with van der Waals surface area (Å²) in [4.78, 5) is 2.03. The first-order valence-corrected chi connectivity index (χ1v) is 9.74. The van der Waals surface area contributed by atoms with Crippen molar-refractivity contribution in [1.29, 1.82) is 0 Å². The van der Waals surface area contributed by atoms with Crippen LogP contribution in [0, 0.1) is 5.82 Å². The third kappa shape index (κ3) is 3.32. The molecule has 0 bridgehead atoms. The molecule has 0 spiro atoms. The fourth-order valence-electron chi connectivity index (χ4n) is 4.18. The van der Waals surface area contributed by atoms with Gasteiger partial charge in [-0.2, -0.15) is 4.90 Å². The van der Waals surface area contributed by atoms with Crippen LogP contribution in [-0.4, -0.2) is 35.2 Å². The molecule has 0 radical (unpaired) electrons. The smallest absolute Gasteiger partial charge is 0.275 e. The molecule has 0 aromatic heterocycles. The Hall–Kier alpha value is -2.40. The standard InChI is InChI=1S/C22H26FN2O2/c1-2-27-20-13-11-19(12-14-20)25-21-6-4-3-5-15-24(21)16-22(25,26)17-7-9-18(23)10-8-17/h7-14,26H,2-6,15-16H2,1H3/q+1. The van der Waals surface area contributed by atoms with Crippen LogP contribution in [-0.2, 0) is 5.72 Å². The summed E-state index contributed by atoms with van der Waals surface area (Å²) in [5, 5.41) is 11.8. The van der Waals surface area contributed by atoms with E-state index in [9.17, 15) is 9.50 Å². The van der Waals surface area contributed by atoms with Crippen LogP contribution in [0.5, 0.6) is 5.75 Å². The average Bonchev–Trinajstić information content (AvgIpc) is 2.80. The van der Waals surface area contributed by atoms with Crippen molar-refractivity contribution in [2.24, 2.45) is 0 Å². The minimum Gasteiger partial charge on any atom is -0.494 e. The number of nitrogens with zero attached hydrogens (tertiary/aromatic N) is 2. The molecule has 1 atom stereocenters. The van der Waals surface area contributed by atoms with Crippen molar-refractivity contribution in [1.82, 2.24) is 0 Å². The maximum atomic E-state index is 13.5. The van der Waals surface area contributed by atoms with E-state index in [2.05, 4.69) is 4.58 Å². The molecule has 5 heteroatoms. The van der Waals surface area contributed by atoms with Gasteiger partial charge in [0.1, 0.15) is 17.3 Å². The number of aliphatic hydroxyl groups is 1. The molecular weight excluding hydrogens is 343 g/mol. The zero-order valence-electron chi connectivity index (χ0n) is 15.7. The highest BCUT2D eigenvalue weighted by Gasteiger charge is 2.54. The molecule has 4 nitrogen and oxygen atoms in total. The maximum Gasteiger partial charge on any atom is 0.275 e. The van der Waals surface area contributed by atoms with Gasteiger partial charge in [-0.1, -0.05) is 0 Å². The molecule has 0 aliphatic carbocycles. The van der Waals surface area contributed by atoms with Crippen molar-refractivity contribution in [3.05, 3.63) is 59.9 Å². The Kier molecular flexibility index (Phi) is 4.87. The van der Waals surface area contributed by atoms with Crippen LogP contribution in [0.15, 0.2) is 48.5 Å². The molecule has 2 heterocycles. The lowest BCUT2D eigenvalue weighted by molar-refractivity contribution is -0.534. The lowest BCUT2D eigenvalue weighted by Gasteiger charge is -2.29. The first kappa shape index (κ1) is 18.0. The van der Waals surface area contributed by atoms with Crippen LogP contribution in [0.3, 0.4) is 0 Å². The molecule has 1 unspecified atom stereocenters. The van der Waals surface area contributed by atoms with Gasteiger partial charge in [0.05, 0.1) is 13.2 Å². The van der Waals surface area contributed by atoms with Crippen molar-refractivity contribution < 1.29 is 18.8 Å². The van der Waals surface area contributed by atoms with Gasteiger partial charge in [-0.3, -0.25) is 4.58 Å². The maximum absolute atomic E-state index is 13.5. The Morgan fingerprint density at radius 1 is 1.07 bits per heavy atom. The first-order valence-electron chi connectivity index (χ1n) is 9.74. The number of halogens is 1. The molecule has 27 heavy (non-hydrogen) atoms. The van der Waals surface area contributed by atoms with Crippen LogP contribution in [0.4, 0.5) is 10.1 Å². The Bertz CT molecular complexity index is 832. The number of hydrogen-bond donors (Lipinski definition) is 1. The summed E-state index contributed by atoms with van der Waals surface area (Å²) in [5.41, 5.74) is 0.413. The summed E-state index contributed by atoms with van der Waals surface area (Å²) in [6.07, 6.45) is 4.36. The van der Waals surface area contributed by atoms with Crippen molar-refractivity contribution in [2.45, 2.75) is 38.3 Å². The minimum atomic E-state index is -1.21. The Balaban J connectivity index is 1.77. The Morgan fingerprint density at radius 3 is 2.52 bits per heavy atom. The van der Waals surface area contributed by atoms with E-state index in [-0.39, 0.29) is 5.82 Å². The number of ether oxygens (including phenoxy) is 1. The van der Waals surface area contributed by atoms with Crippen LogP contribution in [0.1, 0.15) is 38.2 Å². The van der Waals surface area contributed by atoms with Gasteiger partial charge in [-0.25, -0.2) is 4.39 Å². The topological polar surface area (TPSA) is 35.7 Å². The number of benzene rings is 2. The van der Waals surface area contributed by atoms with E-state index < -0.39 is 5.72 Å². The van der Waals surface area contributed by atoms with Crippen molar-refractivity contribution in [2.75, 3.05) is 24.6 Å². The Morgan fingerprint density at radius 2 is 1.81 bits per heavy atom. The van der Waals surface area contributed by atoms with Crippen molar-refractivity contribution in [3.8, 4) is 5.75 Å². The monoisotopic (exact) mass is 369 g/mol. The lowest BCUT2D eigenvalue weighted by atomic mass is 10.00. The molecule has 0 saturated heterocycles. The molecular formula is C22H26FN2O2+. The second-order valence-corrected chi connectivity index (χ2v) is 7.23. The fourth-order valence-corrected chi connectivity index (χ4v) is 4.18. The number of rotatable bonds is 4. The third-order valence-corrected chi connectivity index (χ3v) is 5.45. The zero-order chi connectivity index (χ0) is 18.9. The van der Waals surface area contributed by atoms with Gasteiger partial charge >= 0.3 is 0 Å². The van der Waals surface area contributed by atoms with E-state index in [1.807, 2.05) is 36.1 Å². The number of hydrogen-bond acceptors (Lipinski definition) is 3. The number of anilines is 1. The lowest BCUT2D eigenvalue weighted by Crippen LogP contribution is -2.47. The fraction of sp³-hybridized carbons (Fsp3) is 0.409. The molecule has 0 amide bonds. The molecule has 142 valence electrons. The van der Waals surface area contributed by atoms with E-state index >= 15 is 0 Å². The molecule has 2 aliphatic heterocycles. The molecule has 1 N–H and O–H groups in total. The molecule has 2 aromatic carbocycles. The van der Waals surface area contributed by atoms with Crippen LogP contribution in [0.25, 0.3) is 0 Å². The summed E-state index contributed by atoms with van der Waals surface area (Å²) in [6.45, 7) is 4.00. The minimum absolute atomic E-state index is 0.296. The van der Waals surface area contributed by atoms with Gasteiger partial charge in [0.15, 0.2) is 6.54 Å². The molecule has 2 aliphatic rings. The quantitative estimate of drug-likeness (QED) is 0.831. The summed E-state index contributed by atoms with van der Waals surface area (Å²) in [7, 11) is 0. The third-order valence-electron chi connectivity index (χ3n) is 5.45. The SMILES string of the molecule is CCOc1ccc(N2C3=[N+](CCCCC3)CC2(O)c2ccc(F)cc2)cc1. The van der Waals surface area contributed by atoms with E-state index in [4.69, 9.17) is 4.74 Å². The summed E-state index contributed by atoms with van der Waals surface area (Å²) in [6, 6.07) is 14.0. The van der Waals surface area contributed by atoms with Crippen LogP contribution < -0.4 is 9.64 Å². The van der Waals surface area contributed by atoms with Crippen LogP contribution >= 0.6 is 0 Å². The van der Waals surface area contributed by atoms with E-state index in [0.717, 1.165) is 43.1 Å². The van der Waals surface area contributed by atoms with Gasteiger partial charge in [0.25, 0.3) is 11.6 Å². The average molecular weight is 369 g/mol. The van der Waals surface area contributed by atoms with Crippen LogP contribution in [0.2, 0.25) is 0 Å². The molecule has 0 fully saturated rings. The van der Waals surface area contributed by atoms with E-state index in [0.29, 0.717) is 18.7 Å². The van der Waals surface area contributed by atoms with Crippen molar-refractivity contribution in [3.63, 3.8) is 0 Å². The summed E-state index contributed by atoms with van der Waals surface area (Å²) < 4.78 is 21.3. The highest BCUT2D eigenvalue weighted by atomic mass is 19.1. The van der Waals surface area contributed by atoms with Crippen molar-refractivity contribution >= 4 is 11.5 Å². The second kappa shape index (κ2) is 7.31. The van der Waals surface area contributed by atoms with Gasteiger partial charge in [-0.05, 0) is 74.7 Å². The molecule has 2 aromatic rings.